The van der Waals surface area contributed by atoms with Gasteiger partial charge in [-0.15, -0.1) is 0 Å². The lowest BCUT2D eigenvalue weighted by Crippen LogP contribution is -2.56. The second-order valence-electron chi connectivity index (χ2n) is 5.51. The number of rotatable bonds is 2. The van der Waals surface area contributed by atoms with Crippen molar-refractivity contribution < 1.29 is 20.1 Å². The largest absolute Gasteiger partial charge is 0.510 e. The summed E-state index contributed by atoms with van der Waals surface area (Å²) >= 11 is 0. The molecule has 0 aromatic rings. The zero-order chi connectivity index (χ0) is 14.4. The number of allylic oxidation sites excluding steroid dienone is 1. The van der Waals surface area contributed by atoms with Crippen LogP contribution < -0.4 is 5.73 Å². The lowest BCUT2D eigenvalue weighted by Gasteiger charge is -2.47. The molecule has 5 N–H and O–H groups in total. The van der Waals surface area contributed by atoms with Crippen molar-refractivity contribution >= 4 is 5.91 Å². The number of carbonyl (C=O) groups is 1. The van der Waals surface area contributed by atoms with E-state index in [-0.39, 0.29) is 29.4 Å². The molecule has 0 aromatic heterocycles. The molecule has 6 heteroatoms. The van der Waals surface area contributed by atoms with Gasteiger partial charge in [-0.1, -0.05) is 0 Å². The number of aliphatic hydroxyl groups is 3. The Morgan fingerprint density at radius 2 is 2.11 bits per heavy atom. The Morgan fingerprint density at radius 1 is 1.47 bits per heavy atom. The predicted octanol–water partition coefficient (Wildman–Crippen LogP) is 0.201. The Balaban J connectivity index is 2.56. The van der Waals surface area contributed by atoms with E-state index in [0.717, 1.165) is 0 Å². The number of hydrogen-bond donors (Lipinski definition) is 4. The maximum Gasteiger partial charge on any atom is 0.248 e. The third-order valence-corrected chi connectivity index (χ3v) is 4.14. The fourth-order valence-electron chi connectivity index (χ4n) is 3.19. The molecule has 0 aliphatic heterocycles. The van der Waals surface area contributed by atoms with E-state index in [1.54, 1.807) is 25.1 Å². The first-order valence-electron chi connectivity index (χ1n) is 6.29. The molecular weight excluding hydrogens is 248 g/mol. The Morgan fingerprint density at radius 3 is 2.63 bits per heavy atom. The summed E-state index contributed by atoms with van der Waals surface area (Å²) in [6.45, 7) is 0. The van der Waals surface area contributed by atoms with E-state index in [4.69, 9.17) is 5.73 Å². The number of nitrogens with two attached hydrogens (primary N) is 1. The average Bonchev–Trinajstić information content (AvgIpc) is 2.30. The molecule has 0 fully saturated rings. The summed E-state index contributed by atoms with van der Waals surface area (Å²) in [5, 5.41) is 30.9. The van der Waals surface area contributed by atoms with Gasteiger partial charge in [0.15, 0.2) is 0 Å². The van der Waals surface area contributed by atoms with Crippen molar-refractivity contribution in [2.75, 3.05) is 14.1 Å². The second kappa shape index (κ2) is 4.54. The lowest BCUT2D eigenvalue weighted by molar-refractivity contribution is -0.118. The maximum atomic E-state index is 11.4. The van der Waals surface area contributed by atoms with Gasteiger partial charge in [0.05, 0.1) is 11.6 Å². The maximum absolute atomic E-state index is 11.4. The molecule has 19 heavy (non-hydrogen) atoms. The average molecular weight is 268 g/mol. The topological polar surface area (TPSA) is 107 Å². The third kappa shape index (κ3) is 2.01. The van der Waals surface area contributed by atoms with Gasteiger partial charge >= 0.3 is 0 Å². The fraction of sp³-hybridized carbons (Fsp3) is 0.615. The minimum atomic E-state index is -1.52. The van der Waals surface area contributed by atoms with Gasteiger partial charge in [0.2, 0.25) is 5.91 Å². The van der Waals surface area contributed by atoms with Crippen LogP contribution in [0.15, 0.2) is 23.2 Å². The van der Waals surface area contributed by atoms with E-state index in [2.05, 4.69) is 0 Å². The molecule has 2 unspecified atom stereocenters. The van der Waals surface area contributed by atoms with Crippen LogP contribution in [0.1, 0.15) is 19.3 Å². The van der Waals surface area contributed by atoms with Crippen LogP contribution in [0, 0.1) is 5.92 Å². The van der Waals surface area contributed by atoms with Crippen LogP contribution in [0.5, 0.6) is 0 Å². The predicted molar refractivity (Wildman–Crippen MR) is 69.3 cm³/mol. The standard InChI is InChI=1S/C13H20N2O4/c1-15(2)10-8-4-3-5-9(16)13(8,19)6-7(11(10)17)12(14)18/h5,8,10,16-17,19H,3-4,6H2,1-2H3,(H2,14,18)/t8?,10?,13-/m0/s1. The van der Waals surface area contributed by atoms with E-state index < -0.39 is 17.6 Å². The summed E-state index contributed by atoms with van der Waals surface area (Å²) < 4.78 is 0. The van der Waals surface area contributed by atoms with Crippen LogP contribution in [-0.2, 0) is 4.79 Å². The van der Waals surface area contributed by atoms with Crippen LogP contribution in [0.4, 0.5) is 0 Å². The van der Waals surface area contributed by atoms with Gasteiger partial charge in [0, 0.05) is 12.3 Å². The molecule has 3 atom stereocenters. The van der Waals surface area contributed by atoms with E-state index >= 15 is 0 Å². The molecule has 0 bridgehead atoms. The number of fused-ring (bicyclic) bond motifs is 1. The Bertz CT molecular complexity index is 469. The molecule has 2 aliphatic carbocycles. The highest BCUT2D eigenvalue weighted by atomic mass is 16.3. The van der Waals surface area contributed by atoms with Crippen molar-refractivity contribution in [3.8, 4) is 0 Å². The lowest BCUT2D eigenvalue weighted by atomic mass is 9.66. The molecule has 2 aliphatic rings. The monoisotopic (exact) mass is 268 g/mol. The van der Waals surface area contributed by atoms with Crippen LogP contribution >= 0.6 is 0 Å². The van der Waals surface area contributed by atoms with Gasteiger partial charge in [-0.25, -0.2) is 0 Å². The minimum absolute atomic E-state index is 0.0145. The molecule has 0 heterocycles. The second-order valence-corrected chi connectivity index (χ2v) is 5.51. The summed E-state index contributed by atoms with van der Waals surface area (Å²) in [7, 11) is 3.50. The van der Waals surface area contributed by atoms with Crippen molar-refractivity contribution in [1.29, 1.82) is 0 Å². The van der Waals surface area contributed by atoms with Crippen molar-refractivity contribution in [2.24, 2.45) is 11.7 Å². The third-order valence-electron chi connectivity index (χ3n) is 4.14. The molecule has 0 radical (unpaired) electrons. The summed E-state index contributed by atoms with van der Waals surface area (Å²) in [5.41, 5.74) is 3.72. The highest BCUT2D eigenvalue weighted by Gasteiger charge is 2.53. The highest BCUT2D eigenvalue weighted by Crippen LogP contribution is 2.46. The van der Waals surface area contributed by atoms with Gasteiger partial charge in [0.25, 0.3) is 0 Å². The molecule has 6 nitrogen and oxygen atoms in total. The first-order chi connectivity index (χ1) is 8.79. The summed E-state index contributed by atoms with van der Waals surface area (Å²) in [6, 6.07) is -0.530. The van der Waals surface area contributed by atoms with Gasteiger partial charge in [-0.3, -0.25) is 9.69 Å². The Labute approximate surface area is 111 Å². The van der Waals surface area contributed by atoms with Gasteiger partial charge < -0.3 is 21.1 Å². The summed E-state index contributed by atoms with van der Waals surface area (Å²) in [4.78, 5) is 13.2. The van der Waals surface area contributed by atoms with E-state index in [1.807, 2.05) is 0 Å². The van der Waals surface area contributed by atoms with E-state index in [1.165, 1.54) is 0 Å². The number of hydrogen-bond acceptors (Lipinski definition) is 5. The number of aliphatic hydroxyl groups excluding tert-OH is 2. The Kier molecular flexibility index (Phi) is 3.32. The molecule has 0 saturated carbocycles. The van der Waals surface area contributed by atoms with Gasteiger partial charge in [0.1, 0.15) is 17.1 Å². The van der Waals surface area contributed by atoms with Crippen molar-refractivity contribution in [3.63, 3.8) is 0 Å². The fourth-order valence-corrected chi connectivity index (χ4v) is 3.19. The minimum Gasteiger partial charge on any atom is -0.510 e. The number of likely N-dealkylation sites (N-methyl/N-ethyl adjacent to an activating group) is 1. The zero-order valence-electron chi connectivity index (χ0n) is 11.1. The first-order valence-corrected chi connectivity index (χ1v) is 6.29. The molecular formula is C13H20N2O4. The first kappa shape index (κ1) is 13.9. The normalized spacial score (nSPS) is 35.1. The van der Waals surface area contributed by atoms with Crippen molar-refractivity contribution in [2.45, 2.75) is 30.9 Å². The van der Waals surface area contributed by atoms with Crippen molar-refractivity contribution in [3.05, 3.63) is 23.2 Å². The number of amides is 1. The van der Waals surface area contributed by atoms with Gasteiger partial charge in [-0.2, -0.15) is 0 Å². The Hall–Kier alpha value is -1.53. The summed E-state index contributed by atoms with van der Waals surface area (Å²) in [6.07, 6.45) is 2.66. The molecule has 2 rings (SSSR count). The smallest absolute Gasteiger partial charge is 0.248 e. The van der Waals surface area contributed by atoms with Crippen LogP contribution in [0.2, 0.25) is 0 Å². The number of carbonyl (C=O) groups excluding carboxylic acids is 1. The highest BCUT2D eigenvalue weighted by molar-refractivity contribution is 5.93. The van der Waals surface area contributed by atoms with E-state index in [0.29, 0.717) is 12.8 Å². The zero-order valence-corrected chi connectivity index (χ0v) is 11.1. The number of nitrogens with zero attached hydrogens (tertiary/aromatic N) is 1. The van der Waals surface area contributed by atoms with Crippen LogP contribution in [0.25, 0.3) is 0 Å². The number of primary amides is 1. The molecule has 106 valence electrons. The molecule has 1 amide bonds. The molecule has 0 aromatic carbocycles. The van der Waals surface area contributed by atoms with Crippen LogP contribution in [0.3, 0.4) is 0 Å². The molecule has 0 spiro atoms. The summed E-state index contributed by atoms with van der Waals surface area (Å²) in [5.74, 6) is -1.37. The van der Waals surface area contributed by atoms with E-state index in [9.17, 15) is 20.1 Å². The van der Waals surface area contributed by atoms with Crippen molar-refractivity contribution in [1.82, 2.24) is 4.90 Å². The SMILES string of the molecule is CN(C)C1C(O)=C(C(N)=O)C[C@@]2(O)C(O)=CCCC12. The quantitative estimate of drug-likeness (QED) is 0.572. The van der Waals surface area contributed by atoms with Crippen LogP contribution in [-0.4, -0.2) is 51.9 Å². The van der Waals surface area contributed by atoms with Gasteiger partial charge in [-0.05, 0) is 33.0 Å². The molecule has 0 saturated heterocycles.